The summed E-state index contributed by atoms with van der Waals surface area (Å²) in [6.07, 6.45) is 2.44. The monoisotopic (exact) mass is 335 g/mol. The lowest BCUT2D eigenvalue weighted by molar-refractivity contribution is 0.0722. The smallest absolute Gasteiger partial charge is 0.261 e. The van der Waals surface area contributed by atoms with Crippen molar-refractivity contribution in [2.24, 2.45) is 0 Å². The highest BCUT2D eigenvalue weighted by Gasteiger charge is 2.29. The summed E-state index contributed by atoms with van der Waals surface area (Å²) < 4.78 is 41.2. The quantitative estimate of drug-likeness (QED) is 0.855. The van der Waals surface area contributed by atoms with Crippen LogP contribution in [0.2, 0.25) is 0 Å². The molecule has 1 amide bonds. The maximum absolute atomic E-state index is 13.4. The normalized spacial score (nSPS) is 22.2. The number of rotatable bonds is 4. The molecule has 1 aromatic carbocycles. The molecule has 0 spiro atoms. The number of benzene rings is 1. The van der Waals surface area contributed by atoms with E-state index in [4.69, 9.17) is 15.4 Å². The van der Waals surface area contributed by atoms with Crippen molar-refractivity contribution in [3.05, 3.63) is 29.6 Å². The predicted octanol–water partition coefficient (Wildman–Crippen LogP) is 2.05. The molecule has 2 atom stereocenters. The van der Waals surface area contributed by atoms with E-state index in [1.54, 1.807) is 7.11 Å². The van der Waals surface area contributed by atoms with E-state index < -0.39 is 25.7 Å². The van der Waals surface area contributed by atoms with Gasteiger partial charge in [0.15, 0.2) is 0 Å². The third-order valence-corrected chi connectivity index (χ3v) is 4.82. The van der Waals surface area contributed by atoms with E-state index in [1.165, 1.54) is 0 Å². The van der Waals surface area contributed by atoms with Crippen molar-refractivity contribution < 1.29 is 22.3 Å². The third kappa shape index (κ3) is 3.93. The number of hydrogen-bond donors (Lipinski definition) is 1. The summed E-state index contributed by atoms with van der Waals surface area (Å²) in [5.41, 5.74) is -0.0871. The average Bonchev–Trinajstić information content (AvgIpc) is 2.84. The Morgan fingerprint density at radius 1 is 1.38 bits per heavy atom. The standard InChI is InChI=1S/C13H15ClFNO4S/c1-20-12-4-2-3-11(12)16-13(17)8-5-9(15)7-10(6-8)21(14,18)19/h5-7,11-12H,2-4H2,1H3,(H,16,17). The molecule has 21 heavy (non-hydrogen) atoms. The number of hydrogen-bond acceptors (Lipinski definition) is 4. The van der Waals surface area contributed by atoms with Gasteiger partial charge in [0.05, 0.1) is 17.0 Å². The van der Waals surface area contributed by atoms with Gasteiger partial charge in [0, 0.05) is 23.4 Å². The Labute approximate surface area is 126 Å². The Morgan fingerprint density at radius 3 is 2.71 bits per heavy atom. The van der Waals surface area contributed by atoms with Gasteiger partial charge < -0.3 is 10.1 Å². The third-order valence-electron chi connectivity index (χ3n) is 3.49. The van der Waals surface area contributed by atoms with Crippen LogP contribution in [-0.4, -0.2) is 33.6 Å². The minimum Gasteiger partial charge on any atom is -0.379 e. The Morgan fingerprint density at radius 2 is 2.10 bits per heavy atom. The Bertz CT molecular complexity index is 650. The lowest BCUT2D eigenvalue weighted by Crippen LogP contribution is -2.40. The van der Waals surface area contributed by atoms with Crippen LogP contribution in [0.5, 0.6) is 0 Å². The number of carbonyl (C=O) groups excluding carboxylic acids is 1. The molecule has 2 rings (SSSR count). The highest BCUT2D eigenvalue weighted by Crippen LogP contribution is 2.23. The molecule has 0 aromatic heterocycles. The molecule has 1 N–H and O–H groups in total. The van der Waals surface area contributed by atoms with Gasteiger partial charge in [0.1, 0.15) is 5.82 Å². The van der Waals surface area contributed by atoms with Crippen LogP contribution in [0.4, 0.5) is 4.39 Å². The van der Waals surface area contributed by atoms with Crippen LogP contribution in [0.25, 0.3) is 0 Å². The molecular formula is C13H15ClFNO4S. The van der Waals surface area contributed by atoms with Gasteiger partial charge in [-0.25, -0.2) is 12.8 Å². The van der Waals surface area contributed by atoms with Gasteiger partial charge in [-0.05, 0) is 37.5 Å². The van der Waals surface area contributed by atoms with Crippen molar-refractivity contribution in [2.75, 3.05) is 7.11 Å². The van der Waals surface area contributed by atoms with Gasteiger partial charge in [-0.1, -0.05) is 0 Å². The van der Waals surface area contributed by atoms with Gasteiger partial charge in [-0.2, -0.15) is 0 Å². The second-order valence-electron chi connectivity index (χ2n) is 4.90. The topological polar surface area (TPSA) is 72.5 Å². The molecule has 1 aromatic rings. The van der Waals surface area contributed by atoms with Crippen molar-refractivity contribution in [3.8, 4) is 0 Å². The lowest BCUT2D eigenvalue weighted by atomic mass is 10.1. The first-order valence-corrected chi connectivity index (χ1v) is 8.71. The van der Waals surface area contributed by atoms with E-state index in [9.17, 15) is 17.6 Å². The number of amides is 1. The number of nitrogens with one attached hydrogen (secondary N) is 1. The molecule has 0 aliphatic heterocycles. The Balaban J connectivity index is 2.21. The highest BCUT2D eigenvalue weighted by atomic mass is 35.7. The van der Waals surface area contributed by atoms with E-state index >= 15 is 0 Å². The molecule has 116 valence electrons. The number of methoxy groups -OCH3 is 1. The van der Waals surface area contributed by atoms with Crippen molar-refractivity contribution in [1.82, 2.24) is 5.32 Å². The molecule has 2 unspecified atom stereocenters. The van der Waals surface area contributed by atoms with Gasteiger partial charge in [0.25, 0.3) is 15.0 Å². The fourth-order valence-corrected chi connectivity index (χ4v) is 3.25. The van der Waals surface area contributed by atoms with Gasteiger partial charge >= 0.3 is 0 Å². The minimum atomic E-state index is -4.10. The van der Waals surface area contributed by atoms with Crippen molar-refractivity contribution >= 4 is 25.6 Å². The van der Waals surface area contributed by atoms with Crippen LogP contribution in [-0.2, 0) is 13.8 Å². The summed E-state index contributed by atoms with van der Waals surface area (Å²) in [5, 5.41) is 2.73. The van der Waals surface area contributed by atoms with Crippen LogP contribution < -0.4 is 5.32 Å². The van der Waals surface area contributed by atoms with Crippen molar-refractivity contribution in [3.63, 3.8) is 0 Å². The summed E-state index contributed by atoms with van der Waals surface area (Å²) >= 11 is 0. The molecule has 5 nitrogen and oxygen atoms in total. The molecule has 0 saturated heterocycles. The minimum absolute atomic E-state index is 0.0845. The summed E-state index contributed by atoms with van der Waals surface area (Å²) in [7, 11) is 2.65. The highest BCUT2D eigenvalue weighted by molar-refractivity contribution is 8.13. The first kappa shape index (κ1) is 16.2. The molecular weight excluding hydrogens is 321 g/mol. The number of halogens is 2. The van der Waals surface area contributed by atoms with E-state index in [1.807, 2.05) is 0 Å². The fraction of sp³-hybridized carbons (Fsp3) is 0.462. The van der Waals surface area contributed by atoms with E-state index in [0.717, 1.165) is 37.5 Å². The van der Waals surface area contributed by atoms with E-state index in [2.05, 4.69) is 5.32 Å². The first-order chi connectivity index (χ1) is 9.81. The van der Waals surface area contributed by atoms with E-state index in [-0.39, 0.29) is 17.7 Å². The van der Waals surface area contributed by atoms with Crippen LogP contribution in [0, 0.1) is 5.82 Å². The van der Waals surface area contributed by atoms with Crippen LogP contribution in [0.3, 0.4) is 0 Å². The molecule has 1 aliphatic rings. The van der Waals surface area contributed by atoms with Crippen molar-refractivity contribution in [2.45, 2.75) is 36.3 Å². The molecule has 1 aliphatic carbocycles. The first-order valence-electron chi connectivity index (χ1n) is 6.40. The van der Waals surface area contributed by atoms with Gasteiger partial charge in [-0.3, -0.25) is 4.79 Å². The molecule has 1 saturated carbocycles. The molecule has 0 heterocycles. The van der Waals surface area contributed by atoms with Crippen LogP contribution >= 0.6 is 10.7 Å². The zero-order valence-electron chi connectivity index (χ0n) is 11.3. The molecule has 0 bridgehead atoms. The Hall–Kier alpha value is -1.18. The second kappa shape index (κ2) is 6.29. The maximum atomic E-state index is 13.4. The zero-order valence-corrected chi connectivity index (χ0v) is 12.9. The Kier molecular flexibility index (Phi) is 4.85. The predicted molar refractivity (Wildman–Crippen MR) is 75.3 cm³/mol. The van der Waals surface area contributed by atoms with Crippen molar-refractivity contribution in [1.29, 1.82) is 0 Å². The van der Waals surface area contributed by atoms with Gasteiger partial charge in [-0.15, -0.1) is 0 Å². The summed E-state index contributed by atoms with van der Waals surface area (Å²) in [6.45, 7) is 0. The van der Waals surface area contributed by atoms with Crippen LogP contribution in [0.15, 0.2) is 23.1 Å². The fourth-order valence-electron chi connectivity index (χ4n) is 2.46. The van der Waals surface area contributed by atoms with Crippen LogP contribution in [0.1, 0.15) is 29.6 Å². The van der Waals surface area contributed by atoms with Gasteiger partial charge in [0.2, 0.25) is 0 Å². The van der Waals surface area contributed by atoms with E-state index in [0.29, 0.717) is 0 Å². The summed E-state index contributed by atoms with van der Waals surface area (Å²) in [4.78, 5) is 11.7. The largest absolute Gasteiger partial charge is 0.379 e. The SMILES string of the molecule is COC1CCCC1NC(=O)c1cc(F)cc(S(=O)(=O)Cl)c1. The second-order valence-corrected chi connectivity index (χ2v) is 7.46. The summed E-state index contributed by atoms with van der Waals surface area (Å²) in [5.74, 6) is -1.39. The maximum Gasteiger partial charge on any atom is 0.261 e. The number of carbonyl (C=O) groups is 1. The average molecular weight is 336 g/mol. The lowest BCUT2D eigenvalue weighted by Gasteiger charge is -2.19. The molecule has 1 fully saturated rings. The zero-order chi connectivity index (χ0) is 15.6. The number of ether oxygens (including phenoxy) is 1. The summed E-state index contributed by atoms with van der Waals surface area (Å²) in [6, 6.07) is 2.63. The molecule has 0 radical (unpaired) electrons. The molecule has 8 heteroatoms.